The average molecular weight is 414 g/mol. The number of benzene rings is 1. The number of likely N-dealkylation sites (tertiary alicyclic amines) is 1. The highest BCUT2D eigenvalue weighted by atomic mass is 16.2. The van der Waals surface area contributed by atoms with Crippen molar-refractivity contribution in [3.05, 3.63) is 29.8 Å². The van der Waals surface area contributed by atoms with Crippen LogP contribution in [0.1, 0.15) is 51.0 Å². The summed E-state index contributed by atoms with van der Waals surface area (Å²) in [5, 5.41) is 9.15. The number of guanidine groups is 1. The van der Waals surface area contributed by atoms with Crippen molar-refractivity contribution in [2.45, 2.75) is 52.0 Å². The predicted molar refractivity (Wildman–Crippen MR) is 120 cm³/mol. The number of hydrogen-bond acceptors (Lipinski definition) is 3. The second-order valence-corrected chi connectivity index (χ2v) is 8.30. The molecule has 164 valence electrons. The Morgan fingerprint density at radius 2 is 1.93 bits per heavy atom. The van der Waals surface area contributed by atoms with Gasteiger partial charge in [-0.2, -0.15) is 0 Å². The Morgan fingerprint density at radius 1 is 1.17 bits per heavy atom. The van der Waals surface area contributed by atoms with E-state index in [1.807, 2.05) is 24.3 Å². The normalized spacial score (nSPS) is 17.9. The number of nitrogens with zero attached hydrogens (tertiary/aromatic N) is 2. The quantitative estimate of drug-likeness (QED) is 0.474. The highest BCUT2D eigenvalue weighted by Gasteiger charge is 2.25. The van der Waals surface area contributed by atoms with Crippen molar-refractivity contribution in [1.82, 2.24) is 15.5 Å². The number of carbonyl (C=O) groups excluding carboxylic acids is 2. The molecule has 1 heterocycles. The minimum Gasteiger partial charge on any atom is -0.359 e. The van der Waals surface area contributed by atoms with Gasteiger partial charge in [0.15, 0.2) is 5.96 Å². The van der Waals surface area contributed by atoms with E-state index in [-0.39, 0.29) is 17.7 Å². The maximum atomic E-state index is 12.2. The van der Waals surface area contributed by atoms with Crippen LogP contribution in [0.2, 0.25) is 0 Å². The van der Waals surface area contributed by atoms with Gasteiger partial charge in [0.2, 0.25) is 11.8 Å². The van der Waals surface area contributed by atoms with E-state index in [0.29, 0.717) is 18.9 Å². The molecule has 7 heteroatoms. The topological polar surface area (TPSA) is 85.8 Å². The fourth-order valence-electron chi connectivity index (χ4n) is 3.97. The first-order chi connectivity index (χ1) is 14.6. The van der Waals surface area contributed by atoms with Gasteiger partial charge >= 0.3 is 0 Å². The van der Waals surface area contributed by atoms with Crippen LogP contribution in [0.25, 0.3) is 0 Å². The monoisotopic (exact) mass is 413 g/mol. The van der Waals surface area contributed by atoms with E-state index in [2.05, 4.69) is 27.8 Å². The van der Waals surface area contributed by atoms with Gasteiger partial charge in [-0.3, -0.25) is 9.59 Å². The van der Waals surface area contributed by atoms with E-state index in [1.54, 1.807) is 7.05 Å². The summed E-state index contributed by atoms with van der Waals surface area (Å²) in [4.78, 5) is 30.9. The third-order valence-electron chi connectivity index (χ3n) is 6.08. The van der Waals surface area contributed by atoms with Crippen molar-refractivity contribution >= 4 is 23.5 Å². The molecule has 3 rings (SSSR count). The second kappa shape index (κ2) is 11.0. The SMILES string of the molecule is CCNC(=NCc1cccc(NC(=O)C2CCC2)c1)N1CCC(CC(=O)NC)CC1. The van der Waals surface area contributed by atoms with Gasteiger partial charge in [0.1, 0.15) is 0 Å². The number of piperidine rings is 1. The number of nitrogens with one attached hydrogen (secondary N) is 3. The zero-order valence-electron chi connectivity index (χ0n) is 18.2. The lowest BCUT2D eigenvalue weighted by Crippen LogP contribution is -2.46. The maximum absolute atomic E-state index is 12.2. The van der Waals surface area contributed by atoms with Crippen LogP contribution in [-0.4, -0.2) is 49.4 Å². The van der Waals surface area contributed by atoms with E-state index < -0.39 is 0 Å². The average Bonchev–Trinajstić information content (AvgIpc) is 2.70. The van der Waals surface area contributed by atoms with Crippen LogP contribution >= 0.6 is 0 Å². The molecule has 3 N–H and O–H groups in total. The summed E-state index contributed by atoms with van der Waals surface area (Å²) < 4.78 is 0. The molecule has 1 saturated heterocycles. The zero-order valence-corrected chi connectivity index (χ0v) is 18.2. The third-order valence-corrected chi connectivity index (χ3v) is 6.08. The predicted octanol–water partition coefficient (Wildman–Crippen LogP) is 2.74. The lowest BCUT2D eigenvalue weighted by atomic mass is 9.85. The lowest BCUT2D eigenvalue weighted by Gasteiger charge is -2.34. The summed E-state index contributed by atoms with van der Waals surface area (Å²) in [5.41, 5.74) is 1.92. The Kier molecular flexibility index (Phi) is 8.11. The molecular weight excluding hydrogens is 378 g/mol. The molecule has 0 atom stereocenters. The van der Waals surface area contributed by atoms with Crippen molar-refractivity contribution in [3.63, 3.8) is 0 Å². The summed E-state index contributed by atoms with van der Waals surface area (Å²) in [6.45, 7) is 5.27. The molecule has 1 aliphatic heterocycles. The summed E-state index contributed by atoms with van der Waals surface area (Å²) >= 11 is 0. The van der Waals surface area contributed by atoms with Crippen LogP contribution in [0.15, 0.2) is 29.3 Å². The maximum Gasteiger partial charge on any atom is 0.227 e. The first-order valence-corrected chi connectivity index (χ1v) is 11.2. The Morgan fingerprint density at radius 3 is 2.57 bits per heavy atom. The van der Waals surface area contributed by atoms with Gasteiger partial charge in [-0.15, -0.1) is 0 Å². The first kappa shape index (κ1) is 22.1. The summed E-state index contributed by atoms with van der Waals surface area (Å²) in [6.07, 6.45) is 5.77. The molecule has 1 saturated carbocycles. The lowest BCUT2D eigenvalue weighted by molar-refractivity contribution is -0.122. The molecule has 0 spiro atoms. The number of anilines is 1. The summed E-state index contributed by atoms with van der Waals surface area (Å²) in [6, 6.07) is 7.96. The van der Waals surface area contributed by atoms with E-state index in [1.165, 1.54) is 0 Å². The van der Waals surface area contributed by atoms with Crippen LogP contribution in [-0.2, 0) is 16.1 Å². The molecule has 2 aliphatic rings. The Hall–Kier alpha value is -2.57. The largest absolute Gasteiger partial charge is 0.359 e. The molecule has 7 nitrogen and oxygen atoms in total. The zero-order chi connectivity index (χ0) is 21.3. The minimum atomic E-state index is 0.123. The molecule has 1 aromatic rings. The van der Waals surface area contributed by atoms with Crippen LogP contribution < -0.4 is 16.0 Å². The van der Waals surface area contributed by atoms with Crippen LogP contribution in [0, 0.1) is 11.8 Å². The van der Waals surface area contributed by atoms with Gasteiger partial charge in [-0.05, 0) is 56.2 Å². The van der Waals surface area contributed by atoms with Gasteiger partial charge in [0.25, 0.3) is 0 Å². The van der Waals surface area contributed by atoms with Gasteiger partial charge in [-0.1, -0.05) is 18.6 Å². The van der Waals surface area contributed by atoms with Gasteiger partial charge in [0.05, 0.1) is 6.54 Å². The molecule has 30 heavy (non-hydrogen) atoms. The van der Waals surface area contributed by atoms with Crippen LogP contribution in [0.5, 0.6) is 0 Å². The molecule has 1 aliphatic carbocycles. The molecule has 1 aromatic carbocycles. The standard InChI is InChI=1S/C23H35N5O2/c1-3-25-23(28-12-10-17(11-13-28)15-21(29)24-2)26-16-18-6-4-9-20(14-18)27-22(30)19-7-5-8-19/h4,6,9,14,17,19H,3,5,7-8,10-13,15-16H2,1-2H3,(H,24,29)(H,25,26)(H,27,30). The number of carbonyl (C=O) groups is 2. The van der Waals surface area contributed by atoms with E-state index in [9.17, 15) is 9.59 Å². The van der Waals surface area contributed by atoms with Crippen molar-refractivity contribution in [2.24, 2.45) is 16.8 Å². The van der Waals surface area contributed by atoms with Crippen molar-refractivity contribution in [2.75, 3.05) is 32.0 Å². The fraction of sp³-hybridized carbons (Fsp3) is 0.609. The van der Waals surface area contributed by atoms with E-state index in [0.717, 1.165) is 68.9 Å². The molecule has 0 unspecified atom stereocenters. The van der Waals surface area contributed by atoms with Crippen LogP contribution in [0.3, 0.4) is 0 Å². The summed E-state index contributed by atoms with van der Waals surface area (Å²) in [5.74, 6) is 1.80. The van der Waals surface area contributed by atoms with E-state index in [4.69, 9.17) is 4.99 Å². The van der Waals surface area contributed by atoms with Crippen molar-refractivity contribution in [1.29, 1.82) is 0 Å². The highest BCUT2D eigenvalue weighted by Crippen LogP contribution is 2.27. The minimum absolute atomic E-state index is 0.123. The molecule has 2 fully saturated rings. The van der Waals surface area contributed by atoms with Gasteiger partial charge < -0.3 is 20.9 Å². The third kappa shape index (κ3) is 6.21. The molecule has 0 bridgehead atoms. The molecule has 2 amide bonds. The smallest absolute Gasteiger partial charge is 0.227 e. The molecule has 0 aromatic heterocycles. The van der Waals surface area contributed by atoms with Crippen LogP contribution in [0.4, 0.5) is 5.69 Å². The Bertz CT molecular complexity index is 752. The van der Waals surface area contributed by atoms with Crippen molar-refractivity contribution in [3.8, 4) is 0 Å². The summed E-state index contributed by atoms with van der Waals surface area (Å²) in [7, 11) is 1.70. The first-order valence-electron chi connectivity index (χ1n) is 11.2. The number of hydrogen-bond donors (Lipinski definition) is 3. The second-order valence-electron chi connectivity index (χ2n) is 8.30. The van der Waals surface area contributed by atoms with Gasteiger partial charge in [0, 0.05) is 44.7 Å². The Labute approximate surface area is 179 Å². The molecular formula is C23H35N5O2. The molecule has 0 radical (unpaired) electrons. The fourth-order valence-corrected chi connectivity index (χ4v) is 3.97. The number of rotatable bonds is 7. The van der Waals surface area contributed by atoms with Gasteiger partial charge in [-0.25, -0.2) is 4.99 Å². The van der Waals surface area contributed by atoms with Crippen molar-refractivity contribution < 1.29 is 9.59 Å². The van der Waals surface area contributed by atoms with E-state index >= 15 is 0 Å². The Balaban J connectivity index is 1.56. The number of aliphatic imine (C=N–C) groups is 1. The highest BCUT2D eigenvalue weighted by molar-refractivity contribution is 5.93. The number of amides is 2.